The van der Waals surface area contributed by atoms with E-state index in [0.717, 1.165) is 16.2 Å². The van der Waals surface area contributed by atoms with Gasteiger partial charge in [0, 0.05) is 25.1 Å². The number of carbonyl (C=O) groups is 1. The zero-order valence-corrected chi connectivity index (χ0v) is 17.5. The van der Waals surface area contributed by atoms with Crippen LogP contribution in [0.15, 0.2) is 55.0 Å². The molecule has 7 nitrogen and oxygen atoms in total. The monoisotopic (exact) mass is 419 g/mol. The summed E-state index contributed by atoms with van der Waals surface area (Å²) in [5.41, 5.74) is 0.774. The van der Waals surface area contributed by atoms with Crippen molar-refractivity contribution in [2.45, 2.75) is 25.9 Å². The second-order valence-corrected chi connectivity index (χ2v) is 8.32. The highest BCUT2D eigenvalue weighted by atomic mass is 32.1. The summed E-state index contributed by atoms with van der Waals surface area (Å²) in [5.74, 6) is 1.32. The fraction of sp³-hybridized carbons (Fsp3) is 0.273. The molecular formula is C22H21N5O2S. The molecule has 1 saturated heterocycles. The molecule has 1 aliphatic rings. The van der Waals surface area contributed by atoms with Crippen molar-refractivity contribution in [3.63, 3.8) is 0 Å². The highest BCUT2D eigenvalue weighted by Crippen LogP contribution is 2.35. The van der Waals surface area contributed by atoms with Gasteiger partial charge in [0.2, 0.25) is 0 Å². The number of para-hydroxylation sites is 1. The summed E-state index contributed by atoms with van der Waals surface area (Å²) >= 11 is 1.29. The smallest absolute Gasteiger partial charge is 0.280 e. The third-order valence-corrected chi connectivity index (χ3v) is 6.28. The number of nitrogens with zero attached hydrogens (tertiary/aromatic N) is 4. The lowest BCUT2D eigenvalue weighted by atomic mass is 10.0. The maximum Gasteiger partial charge on any atom is 0.280 e. The second-order valence-electron chi connectivity index (χ2n) is 7.29. The largest absolute Gasteiger partial charge is 0.457 e. The lowest BCUT2D eigenvalue weighted by Crippen LogP contribution is -2.44. The quantitative estimate of drug-likeness (QED) is 0.631. The molecule has 3 heterocycles. The molecule has 0 radical (unpaired) electrons. The Hall–Kier alpha value is -3.44. The molecule has 8 heteroatoms. The van der Waals surface area contributed by atoms with Crippen molar-refractivity contribution < 1.29 is 9.53 Å². The Morgan fingerprint density at radius 1 is 1.27 bits per heavy atom. The number of hydrogen-bond acceptors (Lipinski definition) is 7. The van der Waals surface area contributed by atoms with Gasteiger partial charge in [-0.25, -0.2) is 4.98 Å². The third kappa shape index (κ3) is 3.98. The van der Waals surface area contributed by atoms with E-state index in [0.29, 0.717) is 17.3 Å². The predicted octanol–water partition coefficient (Wildman–Crippen LogP) is 3.92. The first-order valence-corrected chi connectivity index (χ1v) is 10.5. The van der Waals surface area contributed by atoms with Crippen LogP contribution in [-0.2, 0) is 0 Å². The molecule has 1 fully saturated rings. The number of hydrogen-bond donors (Lipinski definition) is 1. The van der Waals surface area contributed by atoms with E-state index in [1.54, 1.807) is 29.6 Å². The summed E-state index contributed by atoms with van der Waals surface area (Å²) in [4.78, 5) is 23.8. The molecule has 152 valence electrons. The van der Waals surface area contributed by atoms with Crippen molar-refractivity contribution in [3.05, 3.63) is 60.0 Å². The van der Waals surface area contributed by atoms with Gasteiger partial charge in [-0.1, -0.05) is 25.1 Å². The molecule has 3 atom stereocenters. The second kappa shape index (κ2) is 8.51. The first-order valence-electron chi connectivity index (χ1n) is 9.67. The van der Waals surface area contributed by atoms with Crippen LogP contribution < -0.4 is 10.1 Å². The zero-order valence-electron chi connectivity index (χ0n) is 16.6. The van der Waals surface area contributed by atoms with Crippen molar-refractivity contribution >= 4 is 17.2 Å². The minimum atomic E-state index is -0.232. The molecule has 0 saturated carbocycles. The van der Waals surface area contributed by atoms with Gasteiger partial charge in [0.15, 0.2) is 11.2 Å². The van der Waals surface area contributed by atoms with Crippen molar-refractivity contribution in [1.82, 2.24) is 20.2 Å². The number of amides is 1. The molecule has 1 aromatic carbocycles. The first kappa shape index (κ1) is 19.9. The maximum atomic E-state index is 12.8. The van der Waals surface area contributed by atoms with Gasteiger partial charge >= 0.3 is 0 Å². The van der Waals surface area contributed by atoms with Crippen LogP contribution in [0.3, 0.4) is 0 Å². The van der Waals surface area contributed by atoms with Crippen molar-refractivity contribution in [3.8, 4) is 28.1 Å². The average Bonchev–Trinajstić information content (AvgIpc) is 3.35. The number of benzene rings is 1. The Balaban J connectivity index is 1.52. The SMILES string of the molecule is CC1CN(C#N)C(C)[C@@H]1NC(=O)c1ncc(-c2cnccc2Oc2ccccc2)s1. The lowest BCUT2D eigenvalue weighted by Gasteiger charge is -2.21. The van der Waals surface area contributed by atoms with E-state index in [1.807, 2.05) is 44.2 Å². The average molecular weight is 420 g/mol. The molecule has 2 unspecified atom stereocenters. The topological polar surface area (TPSA) is 91.1 Å². The third-order valence-electron chi connectivity index (χ3n) is 5.25. The minimum absolute atomic E-state index is 0.0439. The molecule has 4 rings (SSSR count). The molecular weight excluding hydrogens is 398 g/mol. The van der Waals surface area contributed by atoms with E-state index in [-0.39, 0.29) is 23.9 Å². The highest BCUT2D eigenvalue weighted by Gasteiger charge is 2.37. The summed E-state index contributed by atoms with van der Waals surface area (Å²) in [5, 5.41) is 12.6. The van der Waals surface area contributed by atoms with Crippen LogP contribution >= 0.6 is 11.3 Å². The minimum Gasteiger partial charge on any atom is -0.457 e. The van der Waals surface area contributed by atoms with Gasteiger partial charge in [-0.05, 0) is 31.0 Å². The van der Waals surface area contributed by atoms with E-state index in [9.17, 15) is 10.1 Å². The predicted molar refractivity (Wildman–Crippen MR) is 114 cm³/mol. The Morgan fingerprint density at radius 2 is 2.07 bits per heavy atom. The van der Waals surface area contributed by atoms with Crippen molar-refractivity contribution in [2.75, 3.05) is 6.54 Å². The Morgan fingerprint density at radius 3 is 2.80 bits per heavy atom. The fourth-order valence-corrected chi connectivity index (χ4v) is 4.48. The molecule has 0 spiro atoms. The van der Waals surface area contributed by atoms with E-state index in [2.05, 4.69) is 21.5 Å². The lowest BCUT2D eigenvalue weighted by molar-refractivity contribution is 0.0923. The van der Waals surface area contributed by atoms with E-state index < -0.39 is 0 Å². The van der Waals surface area contributed by atoms with Crippen LogP contribution in [0.5, 0.6) is 11.5 Å². The summed E-state index contributed by atoms with van der Waals surface area (Å²) in [6.45, 7) is 4.63. The molecule has 1 amide bonds. The fourth-order valence-electron chi connectivity index (χ4n) is 3.64. The van der Waals surface area contributed by atoms with Gasteiger partial charge in [0.05, 0.1) is 22.5 Å². The molecule has 0 bridgehead atoms. The number of likely N-dealkylation sites (tertiary alicyclic amines) is 1. The number of pyridine rings is 1. The summed E-state index contributed by atoms with van der Waals surface area (Å²) in [7, 11) is 0. The van der Waals surface area contributed by atoms with E-state index in [1.165, 1.54) is 11.3 Å². The number of thiazole rings is 1. The Bertz CT molecular complexity index is 1080. The molecule has 0 aliphatic carbocycles. The Kier molecular flexibility index (Phi) is 5.63. The van der Waals surface area contributed by atoms with E-state index in [4.69, 9.17) is 4.74 Å². The van der Waals surface area contributed by atoms with Gasteiger partial charge in [-0.2, -0.15) is 5.26 Å². The normalized spacial score (nSPS) is 20.6. The van der Waals surface area contributed by atoms with Crippen LogP contribution in [0.2, 0.25) is 0 Å². The van der Waals surface area contributed by atoms with Crippen LogP contribution in [0, 0.1) is 17.4 Å². The van der Waals surface area contributed by atoms with Crippen LogP contribution in [-0.4, -0.2) is 39.4 Å². The first-order chi connectivity index (χ1) is 14.6. The number of nitrogens with one attached hydrogen (secondary N) is 1. The van der Waals surface area contributed by atoms with Gasteiger partial charge in [0.25, 0.3) is 5.91 Å². The van der Waals surface area contributed by atoms with Crippen molar-refractivity contribution in [1.29, 1.82) is 5.26 Å². The van der Waals surface area contributed by atoms with Gasteiger partial charge in [-0.3, -0.25) is 9.78 Å². The number of aromatic nitrogens is 2. The number of carbonyl (C=O) groups excluding carboxylic acids is 1. The molecule has 30 heavy (non-hydrogen) atoms. The molecule has 1 N–H and O–H groups in total. The zero-order chi connectivity index (χ0) is 21.1. The summed E-state index contributed by atoms with van der Waals surface area (Å²) in [6.07, 6.45) is 7.23. The summed E-state index contributed by atoms with van der Waals surface area (Å²) < 4.78 is 6.00. The van der Waals surface area contributed by atoms with Crippen molar-refractivity contribution in [2.24, 2.45) is 5.92 Å². The molecule has 2 aromatic heterocycles. The maximum absolute atomic E-state index is 12.8. The summed E-state index contributed by atoms with van der Waals surface area (Å²) in [6, 6.07) is 11.1. The van der Waals surface area contributed by atoms with Crippen LogP contribution in [0.4, 0.5) is 0 Å². The number of rotatable bonds is 5. The highest BCUT2D eigenvalue weighted by molar-refractivity contribution is 7.17. The van der Waals surface area contributed by atoms with Gasteiger partial charge < -0.3 is 15.0 Å². The van der Waals surface area contributed by atoms with Crippen LogP contribution in [0.25, 0.3) is 10.4 Å². The van der Waals surface area contributed by atoms with Gasteiger partial charge in [-0.15, -0.1) is 11.3 Å². The number of nitriles is 1. The standard InChI is InChI=1S/C22H21N5O2S/c1-14-12-27(13-23)15(2)20(14)26-21(28)22-25-11-19(30-22)17-10-24-9-8-18(17)29-16-6-4-3-5-7-16/h3-11,14-15,20H,12H2,1-2H3,(H,26,28)/t14?,15?,20-/m1/s1. The molecule has 3 aromatic rings. The Labute approximate surface area is 179 Å². The molecule has 1 aliphatic heterocycles. The van der Waals surface area contributed by atoms with Gasteiger partial charge in [0.1, 0.15) is 11.5 Å². The number of ether oxygens (including phenoxy) is 1. The van der Waals surface area contributed by atoms with Crippen LogP contribution in [0.1, 0.15) is 23.6 Å². The van der Waals surface area contributed by atoms with E-state index >= 15 is 0 Å².